The lowest BCUT2D eigenvalue weighted by molar-refractivity contribution is -0.159. The minimum atomic E-state index is -4.45. The lowest BCUT2D eigenvalue weighted by atomic mass is 9.72. The minimum absolute atomic E-state index is 0.0341. The van der Waals surface area contributed by atoms with Crippen LogP contribution in [0.25, 0.3) is 0 Å². The van der Waals surface area contributed by atoms with Crippen LogP contribution < -0.4 is 0 Å². The zero-order valence-electron chi connectivity index (χ0n) is 18.0. The maximum Gasteiger partial charge on any atom is 0.416 e. The molecule has 0 spiro atoms. The van der Waals surface area contributed by atoms with Gasteiger partial charge in [-0.05, 0) is 75.9 Å². The van der Waals surface area contributed by atoms with Gasteiger partial charge in [0.25, 0.3) is 0 Å². The molecule has 168 valence electrons. The molecule has 31 heavy (non-hydrogen) atoms. The molecule has 4 nitrogen and oxygen atoms in total. The van der Waals surface area contributed by atoms with Gasteiger partial charge in [0.15, 0.2) is 0 Å². The van der Waals surface area contributed by atoms with Crippen molar-refractivity contribution in [3.63, 3.8) is 0 Å². The van der Waals surface area contributed by atoms with Crippen molar-refractivity contribution < 1.29 is 22.7 Å². The molecule has 1 atom stereocenters. The van der Waals surface area contributed by atoms with Gasteiger partial charge in [-0.1, -0.05) is 24.3 Å². The third-order valence-electron chi connectivity index (χ3n) is 6.19. The highest BCUT2D eigenvalue weighted by Crippen LogP contribution is 2.41. The zero-order valence-corrected chi connectivity index (χ0v) is 18.0. The van der Waals surface area contributed by atoms with Crippen LogP contribution >= 0.6 is 0 Å². The maximum absolute atomic E-state index is 13.5. The maximum atomic E-state index is 13.5. The summed E-state index contributed by atoms with van der Waals surface area (Å²) in [7, 11) is 0. The summed E-state index contributed by atoms with van der Waals surface area (Å²) in [5.41, 5.74) is -0.329. The van der Waals surface area contributed by atoms with E-state index < -0.39 is 23.1 Å². The van der Waals surface area contributed by atoms with Crippen molar-refractivity contribution in [1.82, 2.24) is 9.88 Å². The second-order valence-corrected chi connectivity index (χ2v) is 8.28. The quantitative estimate of drug-likeness (QED) is 0.580. The van der Waals surface area contributed by atoms with Gasteiger partial charge in [-0.2, -0.15) is 13.2 Å². The Kier molecular flexibility index (Phi) is 7.36. The largest absolute Gasteiger partial charge is 0.466 e. The van der Waals surface area contributed by atoms with Crippen molar-refractivity contribution in [2.75, 3.05) is 19.7 Å². The van der Waals surface area contributed by atoms with E-state index in [9.17, 15) is 18.0 Å². The van der Waals surface area contributed by atoms with Gasteiger partial charge in [0.2, 0.25) is 0 Å². The average Bonchev–Trinajstić information content (AvgIpc) is 2.74. The first-order valence-corrected chi connectivity index (χ1v) is 10.7. The molecule has 1 aromatic heterocycles. The van der Waals surface area contributed by atoms with Crippen LogP contribution in [0.3, 0.4) is 0 Å². The van der Waals surface area contributed by atoms with E-state index in [0.717, 1.165) is 18.1 Å². The third kappa shape index (κ3) is 5.64. The van der Waals surface area contributed by atoms with Crippen molar-refractivity contribution in [2.45, 2.75) is 51.7 Å². The summed E-state index contributed by atoms with van der Waals surface area (Å²) in [6, 6.07) is 9.71. The van der Waals surface area contributed by atoms with Crippen molar-refractivity contribution >= 4 is 5.97 Å². The van der Waals surface area contributed by atoms with Crippen LogP contribution in [-0.2, 0) is 28.5 Å². The predicted molar refractivity (Wildman–Crippen MR) is 112 cm³/mol. The number of halogens is 3. The number of carbonyl (C=O) groups is 1. The summed E-state index contributed by atoms with van der Waals surface area (Å²) < 4.78 is 45.9. The van der Waals surface area contributed by atoms with E-state index in [-0.39, 0.29) is 24.6 Å². The highest BCUT2D eigenvalue weighted by atomic mass is 19.4. The molecule has 3 rings (SSSR count). The third-order valence-corrected chi connectivity index (χ3v) is 6.19. The number of nitrogens with zero attached hydrogens (tertiary/aromatic N) is 2. The van der Waals surface area contributed by atoms with Gasteiger partial charge in [-0.25, -0.2) is 0 Å². The average molecular weight is 435 g/mol. The summed E-state index contributed by atoms with van der Waals surface area (Å²) in [4.78, 5) is 19.4. The Morgan fingerprint density at radius 2 is 1.90 bits per heavy atom. The number of benzene rings is 1. The molecule has 0 bridgehead atoms. The zero-order chi connectivity index (χ0) is 22.5. The van der Waals surface area contributed by atoms with Gasteiger partial charge in [-0.3, -0.25) is 9.78 Å². The fourth-order valence-corrected chi connectivity index (χ4v) is 4.43. The standard InChI is InChI=1S/C24H29F3N2O2/c1-3-31-22(30)23(16-20-8-4-5-9-21(20)24(25,26)27)10-13-29(14-11-23)18(2)15-19-7-6-12-28-17-19/h4-9,12,17-18H,3,10-11,13-16H2,1-2H3/t18-/m0/s1. The molecule has 1 fully saturated rings. The van der Waals surface area contributed by atoms with E-state index in [2.05, 4.69) is 16.8 Å². The molecule has 0 unspecified atom stereocenters. The first kappa shape index (κ1) is 23.3. The van der Waals surface area contributed by atoms with Crippen molar-refractivity contribution in [2.24, 2.45) is 5.41 Å². The summed E-state index contributed by atoms with van der Waals surface area (Å²) >= 11 is 0. The van der Waals surface area contributed by atoms with E-state index in [1.807, 2.05) is 18.3 Å². The van der Waals surface area contributed by atoms with E-state index >= 15 is 0 Å². The topological polar surface area (TPSA) is 42.4 Å². The van der Waals surface area contributed by atoms with Crippen LogP contribution in [0.2, 0.25) is 0 Å². The summed E-state index contributed by atoms with van der Waals surface area (Å²) in [5, 5.41) is 0. The molecule has 7 heteroatoms. The number of rotatable bonds is 7. The molecule has 1 saturated heterocycles. The van der Waals surface area contributed by atoms with Gasteiger partial charge in [0.05, 0.1) is 17.6 Å². The van der Waals surface area contributed by atoms with Gasteiger partial charge in [-0.15, -0.1) is 0 Å². The molecule has 1 aromatic carbocycles. The molecule has 1 aliphatic heterocycles. The van der Waals surface area contributed by atoms with Crippen molar-refractivity contribution in [3.8, 4) is 0 Å². The van der Waals surface area contributed by atoms with Gasteiger partial charge >= 0.3 is 12.1 Å². The molecular formula is C24H29F3N2O2. The number of hydrogen-bond acceptors (Lipinski definition) is 4. The summed E-state index contributed by atoms with van der Waals surface area (Å²) in [5.74, 6) is -0.397. The molecular weight excluding hydrogens is 405 g/mol. The van der Waals surface area contributed by atoms with Gasteiger partial charge < -0.3 is 9.64 Å². The Bertz CT molecular complexity index is 863. The fraction of sp³-hybridized carbons (Fsp3) is 0.500. The van der Waals surface area contributed by atoms with E-state index in [1.165, 1.54) is 12.1 Å². The van der Waals surface area contributed by atoms with Crippen LogP contribution in [0.4, 0.5) is 13.2 Å². The van der Waals surface area contributed by atoms with E-state index in [0.29, 0.717) is 25.9 Å². The van der Waals surface area contributed by atoms with Crippen molar-refractivity contribution in [3.05, 3.63) is 65.5 Å². The molecule has 0 amide bonds. The number of esters is 1. The molecule has 0 saturated carbocycles. The molecule has 0 radical (unpaired) electrons. The second kappa shape index (κ2) is 9.81. The second-order valence-electron chi connectivity index (χ2n) is 8.28. The van der Waals surface area contributed by atoms with Crippen LogP contribution in [0.15, 0.2) is 48.8 Å². The Morgan fingerprint density at radius 1 is 1.19 bits per heavy atom. The van der Waals surface area contributed by atoms with Crippen LogP contribution in [-0.4, -0.2) is 41.6 Å². The SMILES string of the molecule is CCOC(=O)C1(Cc2ccccc2C(F)(F)F)CCN([C@@H](C)Cc2cccnc2)CC1. The Morgan fingerprint density at radius 3 is 2.52 bits per heavy atom. The van der Waals surface area contributed by atoms with Gasteiger partial charge in [0, 0.05) is 18.4 Å². The van der Waals surface area contributed by atoms with Crippen LogP contribution in [0.1, 0.15) is 43.4 Å². The lowest BCUT2D eigenvalue weighted by Crippen LogP contribution is -2.49. The summed E-state index contributed by atoms with van der Waals surface area (Å²) in [6.45, 7) is 5.33. The monoisotopic (exact) mass is 434 g/mol. The smallest absolute Gasteiger partial charge is 0.416 e. The predicted octanol–water partition coefficient (Wildman–Crippen LogP) is 4.92. The Hall–Kier alpha value is -2.41. The minimum Gasteiger partial charge on any atom is -0.466 e. The van der Waals surface area contributed by atoms with E-state index in [4.69, 9.17) is 4.74 Å². The number of carbonyl (C=O) groups excluding carboxylic acids is 1. The lowest BCUT2D eigenvalue weighted by Gasteiger charge is -2.42. The first-order chi connectivity index (χ1) is 14.7. The Balaban J connectivity index is 1.77. The van der Waals surface area contributed by atoms with Gasteiger partial charge in [0.1, 0.15) is 0 Å². The molecule has 0 N–H and O–H groups in total. The highest BCUT2D eigenvalue weighted by Gasteiger charge is 2.45. The highest BCUT2D eigenvalue weighted by molar-refractivity contribution is 5.77. The van der Waals surface area contributed by atoms with Crippen LogP contribution in [0, 0.1) is 5.41 Å². The normalized spacial score (nSPS) is 17.8. The van der Waals surface area contributed by atoms with Crippen LogP contribution in [0.5, 0.6) is 0 Å². The first-order valence-electron chi connectivity index (χ1n) is 10.7. The Labute approximate surface area is 181 Å². The number of alkyl halides is 3. The van der Waals surface area contributed by atoms with E-state index in [1.54, 1.807) is 19.2 Å². The number of piperidine rings is 1. The number of ether oxygens (including phenoxy) is 1. The molecule has 0 aliphatic carbocycles. The number of pyridine rings is 1. The molecule has 2 aromatic rings. The molecule has 2 heterocycles. The number of likely N-dealkylation sites (tertiary alicyclic amines) is 1. The van der Waals surface area contributed by atoms with Crippen molar-refractivity contribution in [1.29, 1.82) is 0 Å². The summed E-state index contributed by atoms with van der Waals surface area (Å²) in [6.07, 6.45) is 0.929. The number of hydrogen-bond donors (Lipinski definition) is 0. The molecule has 1 aliphatic rings. The fourth-order valence-electron chi connectivity index (χ4n) is 4.43. The number of aromatic nitrogens is 1.